The van der Waals surface area contributed by atoms with Crippen molar-refractivity contribution in [1.29, 1.82) is 0 Å². The average Bonchev–Trinajstić information content (AvgIpc) is 3.28. The van der Waals surface area contributed by atoms with E-state index < -0.39 is 5.91 Å². The number of esters is 1. The standard InChI is InChI=1S/C24H25ClN2O7/c1-32-15-9-7-14(8-10-15)21-22(24(31)26-11-5-3-4-6-20(30)33-2)27-34-23(21)16-12-17(25)19(29)13-18(16)28/h7-10,12-13,28-29H,3-6,11H2,1-2H3,(H,26,31). The second-order valence-corrected chi connectivity index (χ2v) is 7.83. The van der Waals surface area contributed by atoms with Crippen LogP contribution in [0.25, 0.3) is 22.5 Å². The highest BCUT2D eigenvalue weighted by Gasteiger charge is 2.26. The van der Waals surface area contributed by atoms with Crippen molar-refractivity contribution in [3.05, 3.63) is 47.1 Å². The molecule has 1 heterocycles. The molecule has 0 aliphatic rings. The van der Waals surface area contributed by atoms with Gasteiger partial charge in [-0.2, -0.15) is 0 Å². The number of halogens is 1. The second-order valence-electron chi connectivity index (χ2n) is 7.43. The zero-order valence-electron chi connectivity index (χ0n) is 18.8. The summed E-state index contributed by atoms with van der Waals surface area (Å²) in [4.78, 5) is 24.1. The van der Waals surface area contributed by atoms with Gasteiger partial charge in [0, 0.05) is 19.0 Å². The number of amides is 1. The normalized spacial score (nSPS) is 10.7. The van der Waals surface area contributed by atoms with Crippen LogP contribution in [0.2, 0.25) is 5.02 Å². The van der Waals surface area contributed by atoms with E-state index >= 15 is 0 Å². The van der Waals surface area contributed by atoms with Crippen molar-refractivity contribution in [1.82, 2.24) is 10.5 Å². The van der Waals surface area contributed by atoms with Gasteiger partial charge in [-0.05, 0) is 36.6 Å². The first-order valence-electron chi connectivity index (χ1n) is 10.6. The van der Waals surface area contributed by atoms with Gasteiger partial charge in [0.15, 0.2) is 11.5 Å². The van der Waals surface area contributed by atoms with E-state index in [4.69, 9.17) is 20.9 Å². The Morgan fingerprint density at radius 2 is 1.79 bits per heavy atom. The molecule has 1 aromatic heterocycles. The van der Waals surface area contributed by atoms with Crippen LogP contribution < -0.4 is 10.1 Å². The fraction of sp³-hybridized carbons (Fsp3) is 0.292. The molecule has 3 aromatic rings. The molecule has 0 unspecified atom stereocenters. The number of hydrogen-bond acceptors (Lipinski definition) is 8. The van der Waals surface area contributed by atoms with Gasteiger partial charge in [-0.3, -0.25) is 9.59 Å². The minimum Gasteiger partial charge on any atom is -0.507 e. The van der Waals surface area contributed by atoms with E-state index in [9.17, 15) is 19.8 Å². The van der Waals surface area contributed by atoms with Crippen molar-refractivity contribution in [3.63, 3.8) is 0 Å². The molecule has 0 bridgehead atoms. The van der Waals surface area contributed by atoms with Gasteiger partial charge in [0.1, 0.15) is 17.2 Å². The number of benzene rings is 2. The van der Waals surface area contributed by atoms with Crippen molar-refractivity contribution in [2.75, 3.05) is 20.8 Å². The molecule has 9 nitrogen and oxygen atoms in total. The molecule has 0 radical (unpaired) electrons. The van der Waals surface area contributed by atoms with Crippen molar-refractivity contribution >= 4 is 23.5 Å². The molecular weight excluding hydrogens is 464 g/mol. The first kappa shape index (κ1) is 24.9. The lowest BCUT2D eigenvalue weighted by Crippen LogP contribution is -2.25. The molecule has 0 spiro atoms. The minimum atomic E-state index is -0.460. The Labute approximate surface area is 201 Å². The third-order valence-electron chi connectivity index (χ3n) is 5.17. The van der Waals surface area contributed by atoms with E-state index in [1.807, 2.05) is 0 Å². The molecule has 2 aromatic carbocycles. The molecule has 10 heteroatoms. The molecule has 0 aliphatic carbocycles. The molecule has 0 aliphatic heterocycles. The number of unbranched alkanes of at least 4 members (excludes halogenated alkanes) is 2. The van der Waals surface area contributed by atoms with Crippen LogP contribution >= 0.6 is 11.6 Å². The molecule has 0 saturated carbocycles. The monoisotopic (exact) mass is 488 g/mol. The molecule has 3 rings (SSSR count). The minimum absolute atomic E-state index is 0.00263. The molecule has 1 amide bonds. The van der Waals surface area contributed by atoms with E-state index in [1.165, 1.54) is 13.2 Å². The second kappa shape index (κ2) is 11.4. The van der Waals surface area contributed by atoms with Gasteiger partial charge >= 0.3 is 5.97 Å². The number of nitrogens with zero attached hydrogens (tertiary/aromatic N) is 1. The molecule has 0 atom stereocenters. The highest BCUT2D eigenvalue weighted by atomic mass is 35.5. The Hall–Kier alpha value is -3.72. The Kier molecular flexibility index (Phi) is 8.37. The number of rotatable bonds is 10. The number of ether oxygens (including phenoxy) is 2. The fourth-order valence-corrected chi connectivity index (χ4v) is 3.51. The van der Waals surface area contributed by atoms with E-state index in [2.05, 4.69) is 15.2 Å². The van der Waals surface area contributed by atoms with E-state index in [0.29, 0.717) is 42.7 Å². The van der Waals surface area contributed by atoms with Crippen LogP contribution in [-0.2, 0) is 9.53 Å². The number of carbonyl (C=O) groups excluding carboxylic acids is 2. The van der Waals surface area contributed by atoms with Crippen LogP contribution in [0.3, 0.4) is 0 Å². The van der Waals surface area contributed by atoms with Gasteiger partial charge in [0.2, 0.25) is 0 Å². The maximum absolute atomic E-state index is 12.9. The molecular formula is C24H25ClN2O7. The van der Waals surface area contributed by atoms with E-state index in [0.717, 1.165) is 12.5 Å². The summed E-state index contributed by atoms with van der Waals surface area (Å²) in [5, 5.41) is 26.9. The van der Waals surface area contributed by atoms with E-state index in [-0.39, 0.29) is 39.5 Å². The maximum Gasteiger partial charge on any atom is 0.305 e. The highest BCUT2D eigenvalue weighted by Crippen LogP contribution is 2.43. The third kappa shape index (κ3) is 5.79. The van der Waals surface area contributed by atoms with Crippen LogP contribution in [0.5, 0.6) is 17.2 Å². The summed E-state index contributed by atoms with van der Waals surface area (Å²) in [6, 6.07) is 9.33. The van der Waals surface area contributed by atoms with E-state index in [1.54, 1.807) is 31.4 Å². The van der Waals surface area contributed by atoms with Gasteiger partial charge < -0.3 is 29.5 Å². The topological polar surface area (TPSA) is 131 Å². The Bertz CT molecular complexity index is 1160. The fourth-order valence-electron chi connectivity index (χ4n) is 3.35. The number of phenolic OH excluding ortho intramolecular Hbond substituents is 2. The Balaban J connectivity index is 1.87. The van der Waals surface area contributed by atoms with Crippen LogP contribution in [0, 0.1) is 0 Å². The number of nitrogens with one attached hydrogen (secondary N) is 1. The zero-order chi connectivity index (χ0) is 24.7. The van der Waals surface area contributed by atoms with Gasteiger partial charge in [-0.25, -0.2) is 0 Å². The lowest BCUT2D eigenvalue weighted by molar-refractivity contribution is -0.140. The lowest BCUT2D eigenvalue weighted by Gasteiger charge is -2.09. The third-order valence-corrected chi connectivity index (χ3v) is 5.47. The van der Waals surface area contributed by atoms with Gasteiger partial charge in [-0.1, -0.05) is 35.3 Å². The number of aromatic nitrogens is 1. The molecule has 0 fully saturated rings. The largest absolute Gasteiger partial charge is 0.507 e. The SMILES string of the molecule is COC(=O)CCCCCNC(=O)c1noc(-c2cc(Cl)c(O)cc2O)c1-c1ccc(OC)cc1. The molecule has 0 saturated heterocycles. The van der Waals surface area contributed by atoms with Gasteiger partial charge in [0.25, 0.3) is 5.91 Å². The van der Waals surface area contributed by atoms with Crippen molar-refractivity contribution in [2.24, 2.45) is 0 Å². The van der Waals surface area contributed by atoms with Gasteiger partial charge in [0.05, 0.1) is 30.4 Å². The Morgan fingerprint density at radius 3 is 2.47 bits per heavy atom. The number of aromatic hydroxyl groups is 2. The summed E-state index contributed by atoms with van der Waals surface area (Å²) < 4.78 is 15.3. The number of phenols is 2. The maximum atomic E-state index is 12.9. The smallest absolute Gasteiger partial charge is 0.305 e. The first-order valence-corrected chi connectivity index (χ1v) is 10.9. The Morgan fingerprint density at radius 1 is 1.06 bits per heavy atom. The quantitative estimate of drug-likeness (QED) is 0.280. The molecule has 3 N–H and O–H groups in total. The van der Waals surface area contributed by atoms with Crippen LogP contribution in [-0.4, -0.2) is 48.0 Å². The lowest BCUT2D eigenvalue weighted by atomic mass is 9.98. The summed E-state index contributed by atoms with van der Waals surface area (Å²) in [7, 11) is 2.89. The highest BCUT2D eigenvalue weighted by molar-refractivity contribution is 6.32. The molecule has 180 valence electrons. The summed E-state index contributed by atoms with van der Waals surface area (Å²) >= 11 is 6.03. The van der Waals surface area contributed by atoms with Gasteiger partial charge in [-0.15, -0.1) is 0 Å². The van der Waals surface area contributed by atoms with Crippen LogP contribution in [0.1, 0.15) is 36.2 Å². The first-order chi connectivity index (χ1) is 16.3. The predicted molar refractivity (Wildman–Crippen MR) is 125 cm³/mol. The summed E-state index contributed by atoms with van der Waals surface area (Å²) in [6.45, 7) is 0.376. The predicted octanol–water partition coefficient (Wildman–Crippen LogP) is 4.55. The summed E-state index contributed by atoms with van der Waals surface area (Å²) in [5.74, 6) is -0.564. The summed E-state index contributed by atoms with van der Waals surface area (Å²) in [5.41, 5.74) is 1.15. The number of methoxy groups -OCH3 is 2. The van der Waals surface area contributed by atoms with Crippen molar-refractivity contribution in [2.45, 2.75) is 25.7 Å². The number of hydrogen-bond donors (Lipinski definition) is 3. The molecule has 34 heavy (non-hydrogen) atoms. The van der Waals surface area contributed by atoms with Crippen molar-refractivity contribution in [3.8, 4) is 39.7 Å². The van der Waals surface area contributed by atoms with Crippen LogP contribution in [0.4, 0.5) is 0 Å². The average molecular weight is 489 g/mol. The van der Waals surface area contributed by atoms with Crippen LogP contribution in [0.15, 0.2) is 40.9 Å². The summed E-state index contributed by atoms with van der Waals surface area (Å²) in [6.07, 6.45) is 2.40. The van der Waals surface area contributed by atoms with Crippen molar-refractivity contribution < 1.29 is 33.8 Å². The zero-order valence-corrected chi connectivity index (χ0v) is 19.5. The number of carbonyl (C=O) groups is 2.